The molecular formula is C14H11ClN4S2. The zero-order valence-corrected chi connectivity index (χ0v) is 13.3. The predicted molar refractivity (Wildman–Crippen MR) is 89.0 cm³/mol. The van der Waals surface area contributed by atoms with Crippen LogP contribution in [-0.2, 0) is 6.42 Å². The molecule has 1 aromatic carbocycles. The highest BCUT2D eigenvalue weighted by molar-refractivity contribution is 7.71. The van der Waals surface area contributed by atoms with Crippen molar-refractivity contribution in [2.45, 2.75) is 6.42 Å². The molecule has 0 aliphatic heterocycles. The first-order chi connectivity index (χ1) is 10.2. The minimum absolute atomic E-state index is 0.472. The van der Waals surface area contributed by atoms with E-state index in [4.69, 9.17) is 23.8 Å². The average Bonchev–Trinajstić information content (AvgIpc) is 3.08. The second-order valence-corrected chi connectivity index (χ2v) is 6.17. The number of benzene rings is 1. The summed E-state index contributed by atoms with van der Waals surface area (Å²) >= 11 is 12.9. The largest absolute Gasteiger partial charge is 0.250 e. The summed E-state index contributed by atoms with van der Waals surface area (Å²) in [7, 11) is 0. The topological polar surface area (TPSA) is 46.0 Å². The summed E-state index contributed by atoms with van der Waals surface area (Å²) in [4.78, 5) is 1.21. The predicted octanol–water partition coefficient (Wildman–Crippen LogP) is 4.13. The van der Waals surface area contributed by atoms with E-state index in [1.165, 1.54) is 4.88 Å². The average molecular weight is 335 g/mol. The molecule has 0 spiro atoms. The zero-order valence-electron chi connectivity index (χ0n) is 10.9. The van der Waals surface area contributed by atoms with Crippen LogP contribution in [0.1, 0.15) is 16.3 Å². The molecule has 21 heavy (non-hydrogen) atoms. The second kappa shape index (κ2) is 6.34. The molecule has 2 heterocycles. The fourth-order valence-electron chi connectivity index (χ4n) is 1.84. The first kappa shape index (κ1) is 14.2. The molecule has 0 amide bonds. The molecule has 0 aliphatic rings. The molecule has 0 saturated heterocycles. The van der Waals surface area contributed by atoms with Crippen molar-refractivity contribution < 1.29 is 0 Å². The molecule has 0 unspecified atom stereocenters. The summed E-state index contributed by atoms with van der Waals surface area (Å²) in [6, 6.07) is 11.6. The van der Waals surface area contributed by atoms with E-state index in [1.54, 1.807) is 22.2 Å². The van der Waals surface area contributed by atoms with E-state index in [2.05, 4.69) is 21.4 Å². The number of hydrogen-bond donors (Lipinski definition) is 1. The van der Waals surface area contributed by atoms with Crippen LogP contribution in [0.25, 0.3) is 0 Å². The number of nitrogens with zero attached hydrogens (tertiary/aromatic N) is 3. The van der Waals surface area contributed by atoms with Crippen LogP contribution in [0.4, 0.5) is 0 Å². The number of rotatable bonds is 4. The van der Waals surface area contributed by atoms with Crippen LogP contribution in [0.2, 0.25) is 5.02 Å². The standard InChI is InChI=1S/C14H11ClN4S2/c15-11-4-1-3-10(7-11)9-16-19-13(17-18-14(19)20)8-12-5-2-6-21-12/h1-7,9H,8H2,(H,18,20)/b16-9-. The van der Waals surface area contributed by atoms with Gasteiger partial charge < -0.3 is 0 Å². The summed E-state index contributed by atoms with van der Waals surface area (Å²) in [6.07, 6.45) is 2.41. The van der Waals surface area contributed by atoms with Gasteiger partial charge in [-0.15, -0.1) is 11.3 Å². The first-order valence-electron chi connectivity index (χ1n) is 6.21. The van der Waals surface area contributed by atoms with Crippen LogP contribution < -0.4 is 0 Å². The Balaban J connectivity index is 1.88. The number of halogens is 1. The number of hydrogen-bond acceptors (Lipinski definition) is 4. The van der Waals surface area contributed by atoms with Gasteiger partial charge in [0.2, 0.25) is 4.77 Å². The van der Waals surface area contributed by atoms with Crippen LogP contribution in [0.5, 0.6) is 0 Å². The molecule has 7 heteroatoms. The monoisotopic (exact) mass is 334 g/mol. The van der Waals surface area contributed by atoms with Crippen LogP contribution >= 0.6 is 35.2 Å². The van der Waals surface area contributed by atoms with Crippen molar-refractivity contribution in [2.24, 2.45) is 5.10 Å². The Labute approximate surface area is 135 Å². The van der Waals surface area contributed by atoms with Gasteiger partial charge in [-0.1, -0.05) is 29.8 Å². The summed E-state index contributed by atoms with van der Waals surface area (Å²) in [5, 5.41) is 14.1. The lowest BCUT2D eigenvalue weighted by molar-refractivity contribution is 0.795. The zero-order chi connectivity index (χ0) is 14.7. The highest BCUT2D eigenvalue weighted by atomic mass is 35.5. The van der Waals surface area contributed by atoms with E-state index in [1.807, 2.05) is 35.7 Å². The second-order valence-electron chi connectivity index (χ2n) is 4.31. The normalized spacial score (nSPS) is 11.3. The van der Waals surface area contributed by atoms with Gasteiger partial charge in [0, 0.05) is 16.3 Å². The summed E-state index contributed by atoms with van der Waals surface area (Å²) < 4.78 is 2.11. The van der Waals surface area contributed by atoms with Crippen molar-refractivity contribution >= 4 is 41.4 Å². The lowest BCUT2D eigenvalue weighted by atomic mass is 10.2. The molecule has 3 aromatic rings. The SMILES string of the molecule is S=c1[nH]nc(Cc2cccs2)n1/N=C\c1cccc(Cl)c1. The van der Waals surface area contributed by atoms with E-state index < -0.39 is 0 Å². The molecule has 1 N–H and O–H groups in total. The maximum atomic E-state index is 5.96. The number of aromatic amines is 1. The van der Waals surface area contributed by atoms with E-state index in [-0.39, 0.29) is 0 Å². The lowest BCUT2D eigenvalue weighted by Gasteiger charge is -1.99. The van der Waals surface area contributed by atoms with Crippen molar-refractivity contribution in [3.63, 3.8) is 0 Å². The van der Waals surface area contributed by atoms with E-state index in [0.717, 1.165) is 11.4 Å². The van der Waals surface area contributed by atoms with Crippen molar-refractivity contribution in [1.82, 2.24) is 14.9 Å². The number of H-pyrrole nitrogens is 1. The van der Waals surface area contributed by atoms with Gasteiger partial charge in [0.05, 0.1) is 6.21 Å². The Morgan fingerprint density at radius 1 is 1.38 bits per heavy atom. The van der Waals surface area contributed by atoms with Crippen molar-refractivity contribution in [3.8, 4) is 0 Å². The third-order valence-electron chi connectivity index (χ3n) is 2.80. The van der Waals surface area contributed by atoms with Gasteiger partial charge in [0.15, 0.2) is 5.82 Å². The van der Waals surface area contributed by atoms with Crippen molar-refractivity contribution in [3.05, 3.63) is 67.8 Å². The van der Waals surface area contributed by atoms with E-state index in [0.29, 0.717) is 16.2 Å². The third-order valence-corrected chi connectivity index (χ3v) is 4.18. The molecule has 0 fully saturated rings. The maximum Gasteiger partial charge on any atom is 0.216 e. The Morgan fingerprint density at radius 3 is 3.05 bits per heavy atom. The third kappa shape index (κ3) is 3.47. The minimum atomic E-state index is 0.472. The number of aromatic nitrogens is 3. The molecule has 4 nitrogen and oxygen atoms in total. The fraction of sp³-hybridized carbons (Fsp3) is 0.0714. The molecule has 0 aliphatic carbocycles. The molecule has 2 aromatic heterocycles. The van der Waals surface area contributed by atoms with E-state index >= 15 is 0 Å². The molecule has 0 saturated carbocycles. The summed E-state index contributed by atoms with van der Waals surface area (Å²) in [5.41, 5.74) is 0.910. The first-order valence-corrected chi connectivity index (χ1v) is 7.87. The van der Waals surface area contributed by atoms with Gasteiger partial charge in [-0.25, -0.2) is 0 Å². The number of thiophene rings is 1. The van der Waals surface area contributed by atoms with Crippen LogP contribution in [0.3, 0.4) is 0 Å². The van der Waals surface area contributed by atoms with E-state index in [9.17, 15) is 0 Å². The van der Waals surface area contributed by atoms with Crippen LogP contribution in [-0.4, -0.2) is 21.1 Å². The van der Waals surface area contributed by atoms with Gasteiger partial charge in [-0.05, 0) is 41.4 Å². The Hall–Kier alpha value is -1.76. The molecule has 3 rings (SSSR count). The number of nitrogens with one attached hydrogen (secondary N) is 1. The van der Waals surface area contributed by atoms with Gasteiger partial charge in [-0.3, -0.25) is 5.10 Å². The quantitative estimate of drug-likeness (QED) is 0.576. The lowest BCUT2D eigenvalue weighted by Crippen LogP contribution is -1.99. The van der Waals surface area contributed by atoms with Crippen molar-refractivity contribution in [1.29, 1.82) is 0 Å². The highest BCUT2D eigenvalue weighted by Gasteiger charge is 2.06. The molecule has 106 valence electrons. The van der Waals surface area contributed by atoms with Gasteiger partial charge >= 0.3 is 0 Å². The van der Waals surface area contributed by atoms with Crippen LogP contribution in [0.15, 0.2) is 46.9 Å². The maximum absolute atomic E-state index is 5.96. The van der Waals surface area contributed by atoms with Crippen molar-refractivity contribution in [2.75, 3.05) is 0 Å². The Morgan fingerprint density at radius 2 is 2.29 bits per heavy atom. The fourth-order valence-corrected chi connectivity index (χ4v) is 2.94. The smallest absolute Gasteiger partial charge is 0.216 e. The van der Waals surface area contributed by atoms with Gasteiger partial charge in [0.1, 0.15) is 0 Å². The summed E-state index contributed by atoms with van der Waals surface area (Å²) in [5.74, 6) is 0.778. The Kier molecular flexibility index (Phi) is 4.28. The molecule has 0 atom stereocenters. The van der Waals surface area contributed by atoms with Gasteiger partial charge in [0.25, 0.3) is 0 Å². The minimum Gasteiger partial charge on any atom is -0.250 e. The van der Waals surface area contributed by atoms with Gasteiger partial charge in [-0.2, -0.15) is 14.9 Å². The van der Waals surface area contributed by atoms with Crippen LogP contribution in [0, 0.1) is 4.77 Å². The Bertz CT molecular complexity index is 818. The summed E-state index contributed by atoms with van der Waals surface area (Å²) in [6.45, 7) is 0. The molecule has 0 radical (unpaired) electrons. The molecular weight excluding hydrogens is 324 g/mol. The molecule has 0 bridgehead atoms. The highest BCUT2D eigenvalue weighted by Crippen LogP contribution is 2.14.